The van der Waals surface area contributed by atoms with Gasteiger partial charge in [-0.2, -0.15) is 23.3 Å². The van der Waals surface area contributed by atoms with Crippen LogP contribution in [0.5, 0.6) is 0 Å². The van der Waals surface area contributed by atoms with Gasteiger partial charge >= 0.3 is 6.18 Å². The normalized spacial score (nSPS) is 19.0. The van der Waals surface area contributed by atoms with E-state index in [1.165, 1.54) is 24.3 Å². The second-order valence-corrected chi connectivity index (χ2v) is 18.5. The van der Waals surface area contributed by atoms with E-state index >= 15 is 4.39 Å². The number of aryl methyl sites for hydroxylation is 1. The number of hydrogen-bond acceptors (Lipinski definition) is 12. The number of aromatic nitrogens is 6. The number of carbonyl (C=O) groups excluding carboxylic acids is 3. The average molecular weight is 901 g/mol. The van der Waals surface area contributed by atoms with E-state index in [-0.39, 0.29) is 36.5 Å². The zero-order valence-electron chi connectivity index (χ0n) is 35.0. The maximum atomic E-state index is 15.5. The summed E-state index contributed by atoms with van der Waals surface area (Å²) in [7, 11) is 0. The quantitative estimate of drug-likeness (QED) is 0.0582. The predicted octanol–water partition coefficient (Wildman–Crippen LogP) is 6.80. The summed E-state index contributed by atoms with van der Waals surface area (Å²) in [4.78, 5) is 63.1. The first-order chi connectivity index (χ1) is 30.6. The number of amides is 3. The highest BCUT2D eigenvalue weighted by Crippen LogP contribution is 2.52. The van der Waals surface area contributed by atoms with E-state index in [1.54, 1.807) is 36.0 Å². The van der Waals surface area contributed by atoms with Gasteiger partial charge in [0.05, 0.1) is 51.6 Å². The van der Waals surface area contributed by atoms with Crippen molar-refractivity contribution < 1.29 is 36.7 Å². The van der Waals surface area contributed by atoms with Crippen LogP contribution in [0.1, 0.15) is 85.8 Å². The van der Waals surface area contributed by atoms with Gasteiger partial charge in [-0.3, -0.25) is 19.3 Å². The summed E-state index contributed by atoms with van der Waals surface area (Å²) in [5, 5.41) is 20.5. The molecule has 2 atom stereocenters. The van der Waals surface area contributed by atoms with E-state index in [4.69, 9.17) is 14.7 Å². The van der Waals surface area contributed by atoms with Crippen LogP contribution in [0.15, 0.2) is 66.0 Å². The zero-order chi connectivity index (χ0) is 45.3. The Morgan fingerprint density at radius 3 is 2.61 bits per heavy atom. The third-order valence-corrected chi connectivity index (χ3v) is 13.7. The lowest BCUT2D eigenvalue weighted by molar-refractivity contribution is -0.137. The van der Waals surface area contributed by atoms with E-state index in [2.05, 4.69) is 30.5 Å². The van der Waals surface area contributed by atoms with Crippen LogP contribution in [0.3, 0.4) is 0 Å². The Balaban J connectivity index is 0.850. The Labute approximate surface area is 367 Å². The molecule has 3 aliphatic heterocycles. The Morgan fingerprint density at radius 2 is 1.88 bits per heavy atom. The Morgan fingerprint density at radius 1 is 1.05 bits per heavy atom. The number of hydrogen-bond donors (Lipinski definition) is 4. The molecule has 3 amide bonds. The number of carbonyl (C=O) groups is 3. The van der Waals surface area contributed by atoms with Crippen molar-refractivity contribution in [2.45, 2.75) is 81.3 Å². The molecule has 21 heteroatoms. The van der Waals surface area contributed by atoms with Crippen molar-refractivity contribution in [3.8, 4) is 28.8 Å². The highest BCUT2D eigenvalue weighted by atomic mass is 32.2. The molecule has 3 N–H and O–H groups in total. The molecular weight excluding hydrogens is 857 g/mol. The molecule has 0 spiro atoms. The molecular formula is C43H44F4N12O4S. The van der Waals surface area contributed by atoms with Gasteiger partial charge < -0.3 is 15.4 Å². The maximum Gasteiger partial charge on any atom is 0.417 e. The summed E-state index contributed by atoms with van der Waals surface area (Å²) in [6.07, 6.45) is 3.05. The maximum absolute atomic E-state index is 15.5. The first-order valence-electron chi connectivity index (χ1n) is 20.7. The molecule has 2 fully saturated rings. The van der Waals surface area contributed by atoms with Gasteiger partial charge in [-0.1, -0.05) is 0 Å². The molecule has 0 bridgehead atoms. The number of hydrazine groups is 1. The molecule has 2 unspecified atom stereocenters. The summed E-state index contributed by atoms with van der Waals surface area (Å²) in [6.45, 7) is 6.41. The standard InChI is InChI=1S/C43H44F4N12O4S/c1-25-29(14-15-33(53-25)37-52-24-58(55-37)36-9-5-8-18-63-36)34-22-50-38-39(54-34)57(35(60)23-51-38)17-7-4-6-16-49-40(61)30-13-12-28(20-32(30)44)64-42(2,3)41(62)59(56-64)27-11-10-26(21-48)31(19-27)43(45,46)47/h10-15,19-20,22,24,36,56,64H,4-9,16-18,23H2,1-3H3,(H,49,61)(H,50,51). The monoisotopic (exact) mass is 900 g/mol. The molecule has 8 rings (SSSR count). The number of nitriles is 1. The molecule has 16 nitrogen and oxygen atoms in total. The van der Waals surface area contributed by atoms with Gasteiger partial charge in [0.1, 0.15) is 17.8 Å². The molecule has 2 saturated heterocycles. The minimum Gasteiger partial charge on any atom is -0.358 e. The molecule has 3 aromatic heterocycles. The second-order valence-electron chi connectivity index (χ2n) is 16.0. The topological polar surface area (TPSA) is 196 Å². The molecule has 334 valence electrons. The highest BCUT2D eigenvalue weighted by Gasteiger charge is 2.47. The van der Waals surface area contributed by atoms with Crippen molar-refractivity contribution in [1.29, 1.82) is 5.26 Å². The fourth-order valence-corrected chi connectivity index (χ4v) is 9.91. The number of nitrogens with one attached hydrogen (secondary N) is 3. The number of nitrogens with zero attached hydrogens (tertiary/aromatic N) is 9. The number of pyridine rings is 1. The molecule has 64 heavy (non-hydrogen) atoms. The number of thiol groups is 1. The molecule has 3 aliphatic rings. The van der Waals surface area contributed by atoms with E-state index in [0.717, 1.165) is 48.0 Å². The number of halogens is 4. The van der Waals surface area contributed by atoms with Gasteiger partial charge in [-0.15, -0.1) is 16.2 Å². The average Bonchev–Trinajstić information content (AvgIpc) is 3.87. The smallest absolute Gasteiger partial charge is 0.358 e. The third-order valence-electron chi connectivity index (χ3n) is 11.2. The van der Waals surface area contributed by atoms with Gasteiger partial charge in [-0.25, -0.2) is 34.0 Å². The number of anilines is 3. The van der Waals surface area contributed by atoms with Gasteiger partial charge in [-0.05, 0) is 108 Å². The third kappa shape index (κ3) is 8.85. The Kier molecular flexibility index (Phi) is 12.4. The van der Waals surface area contributed by atoms with Crippen LogP contribution in [-0.2, 0) is 20.5 Å². The van der Waals surface area contributed by atoms with Gasteiger partial charge in [0, 0.05) is 35.8 Å². The van der Waals surface area contributed by atoms with Crippen LogP contribution in [0.4, 0.5) is 34.9 Å². The van der Waals surface area contributed by atoms with Crippen LogP contribution in [0.25, 0.3) is 22.8 Å². The van der Waals surface area contributed by atoms with E-state index < -0.39 is 50.8 Å². The minimum absolute atomic E-state index is 0.0617. The van der Waals surface area contributed by atoms with E-state index in [9.17, 15) is 32.8 Å². The lowest BCUT2D eigenvalue weighted by Gasteiger charge is -2.28. The van der Waals surface area contributed by atoms with Gasteiger partial charge in [0.25, 0.3) is 11.8 Å². The van der Waals surface area contributed by atoms with Gasteiger partial charge in [0.15, 0.2) is 23.7 Å². The number of alkyl halides is 3. The van der Waals surface area contributed by atoms with Crippen molar-refractivity contribution in [3.05, 3.63) is 89.3 Å². The number of rotatable bonds is 12. The predicted molar refractivity (Wildman–Crippen MR) is 229 cm³/mol. The molecule has 0 aliphatic carbocycles. The lowest BCUT2D eigenvalue weighted by Crippen LogP contribution is -2.41. The summed E-state index contributed by atoms with van der Waals surface area (Å²) in [6, 6.07) is 12.2. The summed E-state index contributed by atoms with van der Waals surface area (Å²) in [5.74, 6) is -0.813. The highest BCUT2D eigenvalue weighted by molar-refractivity contribution is 8.17. The summed E-state index contributed by atoms with van der Waals surface area (Å²) >= 11 is -1.69. The van der Waals surface area contributed by atoms with Crippen LogP contribution in [0, 0.1) is 24.1 Å². The fourth-order valence-electron chi connectivity index (χ4n) is 7.74. The molecule has 6 heterocycles. The summed E-state index contributed by atoms with van der Waals surface area (Å²) < 4.78 is 62.9. The largest absolute Gasteiger partial charge is 0.417 e. The second kappa shape index (κ2) is 17.9. The fraction of sp³-hybridized carbons (Fsp3) is 0.372. The number of ether oxygens (including phenoxy) is 1. The number of fused-ring (bicyclic) bond motifs is 1. The SMILES string of the molecule is Cc1nc(-c2ncn(C3CCCCO3)n2)ccc1-c1cnc2c(n1)N(CCCCCNC(=O)c1ccc([SH]3NN(c4ccc(C#N)c(C(F)(F)F)c4)C(=O)C3(C)C)cc1F)C(=O)CN2. The molecule has 5 aromatic rings. The van der Waals surface area contributed by atoms with Crippen molar-refractivity contribution >= 4 is 46.1 Å². The first kappa shape index (κ1) is 44.1. The Bertz CT molecular complexity index is 2660. The molecule has 0 saturated carbocycles. The van der Waals surface area contributed by atoms with Crippen molar-refractivity contribution in [2.75, 3.05) is 41.5 Å². The minimum atomic E-state index is -4.83. The van der Waals surface area contributed by atoms with Crippen LogP contribution < -0.4 is 25.4 Å². The number of unbranched alkanes of at least 4 members (excludes halogenated alkanes) is 2. The lowest BCUT2D eigenvalue weighted by atomic mass is 10.1. The number of benzene rings is 2. The van der Waals surface area contributed by atoms with Crippen molar-refractivity contribution in [2.24, 2.45) is 0 Å². The van der Waals surface area contributed by atoms with E-state index in [0.29, 0.717) is 71.9 Å². The van der Waals surface area contributed by atoms with Crippen molar-refractivity contribution in [1.82, 2.24) is 39.9 Å². The zero-order valence-corrected chi connectivity index (χ0v) is 35.9. The molecule has 2 aromatic carbocycles. The van der Waals surface area contributed by atoms with E-state index in [1.807, 2.05) is 19.1 Å². The van der Waals surface area contributed by atoms with Crippen LogP contribution in [0.2, 0.25) is 0 Å². The molecule has 0 radical (unpaired) electrons. The van der Waals surface area contributed by atoms with Crippen molar-refractivity contribution in [3.63, 3.8) is 0 Å². The van der Waals surface area contributed by atoms with Crippen LogP contribution in [-0.4, -0.2) is 78.4 Å². The Hall–Kier alpha value is -6.50. The summed E-state index contributed by atoms with van der Waals surface area (Å²) in [5.41, 5.74) is 0.472. The van der Waals surface area contributed by atoms with Crippen LogP contribution >= 0.6 is 11.1 Å². The van der Waals surface area contributed by atoms with Gasteiger partial charge in [0.2, 0.25) is 5.91 Å². The first-order valence-corrected chi connectivity index (χ1v) is 22.0.